The molecule has 4 rings (SSSR count). The molecular formula is C20H28ClN3O3. The second-order valence-corrected chi connectivity index (χ2v) is 9.15. The second-order valence-electron chi connectivity index (χ2n) is 8.76. The first-order valence-electron chi connectivity index (χ1n) is 9.82. The van der Waals surface area contributed by atoms with Crippen LogP contribution in [0.15, 0.2) is 12.1 Å². The van der Waals surface area contributed by atoms with Crippen LogP contribution in [0.4, 0.5) is 10.6 Å². The van der Waals surface area contributed by atoms with Crippen LogP contribution in [0, 0.1) is 0 Å². The lowest BCUT2D eigenvalue weighted by molar-refractivity contribution is 0.0214. The Balaban J connectivity index is 1.52. The largest absolute Gasteiger partial charge is 0.444 e. The van der Waals surface area contributed by atoms with E-state index in [1.807, 2.05) is 31.7 Å². The molecular weight excluding hydrogens is 366 g/mol. The lowest BCUT2D eigenvalue weighted by Crippen LogP contribution is -2.50. The summed E-state index contributed by atoms with van der Waals surface area (Å²) in [6.07, 6.45) is 2.78. The van der Waals surface area contributed by atoms with Gasteiger partial charge in [-0.25, -0.2) is 9.78 Å². The number of aromatic nitrogens is 1. The zero-order valence-electron chi connectivity index (χ0n) is 16.3. The van der Waals surface area contributed by atoms with Gasteiger partial charge in [0.25, 0.3) is 0 Å². The van der Waals surface area contributed by atoms with Gasteiger partial charge in [0.1, 0.15) is 16.6 Å². The predicted octanol–water partition coefficient (Wildman–Crippen LogP) is 3.83. The van der Waals surface area contributed by atoms with Crippen LogP contribution in [0.1, 0.15) is 51.5 Å². The number of pyridine rings is 1. The average molecular weight is 394 g/mol. The first-order chi connectivity index (χ1) is 12.8. The molecule has 0 aromatic carbocycles. The van der Waals surface area contributed by atoms with E-state index in [4.69, 9.17) is 26.1 Å². The van der Waals surface area contributed by atoms with Crippen LogP contribution >= 0.6 is 11.6 Å². The fraction of sp³-hybridized carbons (Fsp3) is 0.700. The maximum atomic E-state index is 12.5. The normalized spacial score (nSPS) is 25.9. The summed E-state index contributed by atoms with van der Waals surface area (Å²) in [6.45, 7) is 8.77. The maximum Gasteiger partial charge on any atom is 0.410 e. The van der Waals surface area contributed by atoms with E-state index in [-0.39, 0.29) is 18.2 Å². The van der Waals surface area contributed by atoms with E-state index in [0.29, 0.717) is 17.6 Å². The van der Waals surface area contributed by atoms with E-state index in [1.54, 1.807) is 0 Å². The van der Waals surface area contributed by atoms with Gasteiger partial charge in [-0.3, -0.25) is 0 Å². The van der Waals surface area contributed by atoms with Crippen molar-refractivity contribution in [3.63, 3.8) is 0 Å². The molecule has 0 aliphatic carbocycles. The Morgan fingerprint density at radius 1 is 1.22 bits per heavy atom. The Hall–Kier alpha value is -1.53. The number of amides is 1. The minimum Gasteiger partial charge on any atom is -0.444 e. The molecule has 3 fully saturated rings. The van der Waals surface area contributed by atoms with E-state index < -0.39 is 5.60 Å². The fourth-order valence-electron chi connectivity index (χ4n) is 4.46. The molecule has 6 nitrogen and oxygen atoms in total. The molecule has 4 heterocycles. The first-order valence-corrected chi connectivity index (χ1v) is 10.2. The molecule has 7 heteroatoms. The summed E-state index contributed by atoms with van der Waals surface area (Å²) in [5, 5.41) is 0.521. The Labute approximate surface area is 165 Å². The number of halogens is 1. The summed E-state index contributed by atoms with van der Waals surface area (Å²) in [6, 6.07) is 4.45. The number of rotatable bonds is 2. The second kappa shape index (κ2) is 7.13. The summed E-state index contributed by atoms with van der Waals surface area (Å²) in [7, 11) is 0. The highest BCUT2D eigenvalue weighted by Gasteiger charge is 2.47. The molecule has 0 spiro atoms. The van der Waals surface area contributed by atoms with Crippen molar-refractivity contribution >= 4 is 23.5 Å². The van der Waals surface area contributed by atoms with Gasteiger partial charge in [-0.1, -0.05) is 17.7 Å². The zero-order valence-corrected chi connectivity index (χ0v) is 17.0. The highest BCUT2D eigenvalue weighted by Crippen LogP contribution is 2.40. The van der Waals surface area contributed by atoms with Crippen molar-refractivity contribution in [1.82, 2.24) is 9.88 Å². The number of fused-ring (bicyclic) bond motifs is 2. The van der Waals surface area contributed by atoms with Gasteiger partial charge < -0.3 is 19.3 Å². The van der Waals surface area contributed by atoms with E-state index in [9.17, 15) is 4.79 Å². The lowest BCUT2D eigenvalue weighted by atomic mass is 9.91. The van der Waals surface area contributed by atoms with Crippen LogP contribution in [0.5, 0.6) is 0 Å². The molecule has 0 unspecified atom stereocenters. The number of likely N-dealkylation sites (tertiary alicyclic amines) is 1. The summed E-state index contributed by atoms with van der Waals surface area (Å²) in [5.74, 6) is 1.45. The van der Waals surface area contributed by atoms with Gasteiger partial charge in [-0.15, -0.1) is 0 Å². The third-order valence-electron chi connectivity index (χ3n) is 5.67. The number of anilines is 1. The Morgan fingerprint density at radius 3 is 2.59 bits per heavy atom. The summed E-state index contributed by atoms with van der Waals surface area (Å²) < 4.78 is 11.1. The van der Waals surface area contributed by atoms with Crippen molar-refractivity contribution in [2.45, 2.75) is 63.6 Å². The SMILES string of the molecule is CC(C)(C)OC(=O)N1C[C@@H]2C[C@H]1CN2c1nc(Cl)ccc1C1CCOCC1. The smallest absolute Gasteiger partial charge is 0.410 e. The quantitative estimate of drug-likeness (QED) is 0.715. The van der Waals surface area contributed by atoms with Crippen LogP contribution < -0.4 is 4.90 Å². The van der Waals surface area contributed by atoms with E-state index in [2.05, 4.69) is 11.0 Å². The molecule has 1 aromatic heterocycles. The molecule has 1 aromatic rings. The van der Waals surface area contributed by atoms with E-state index >= 15 is 0 Å². The molecule has 3 saturated heterocycles. The molecule has 0 N–H and O–H groups in total. The van der Waals surface area contributed by atoms with Crippen molar-refractivity contribution in [2.75, 3.05) is 31.2 Å². The summed E-state index contributed by atoms with van der Waals surface area (Å²) in [4.78, 5) is 21.4. The number of hydrogen-bond acceptors (Lipinski definition) is 5. The molecule has 0 radical (unpaired) electrons. The molecule has 27 heavy (non-hydrogen) atoms. The number of carbonyl (C=O) groups is 1. The van der Waals surface area contributed by atoms with Gasteiger partial charge in [-0.2, -0.15) is 0 Å². The Kier molecular flexibility index (Phi) is 4.97. The van der Waals surface area contributed by atoms with Gasteiger partial charge >= 0.3 is 6.09 Å². The van der Waals surface area contributed by atoms with Crippen LogP contribution in [0.3, 0.4) is 0 Å². The Morgan fingerprint density at radius 2 is 1.96 bits per heavy atom. The standard InChI is InChI=1S/C20H28ClN3O3/c1-20(2,3)27-19(25)24-12-14-10-15(24)11-23(14)18-16(4-5-17(21)22-18)13-6-8-26-9-7-13/h4-5,13-15H,6-12H2,1-3H3/t14-,15-/m0/s1. The average Bonchev–Trinajstić information content (AvgIpc) is 3.21. The van der Waals surface area contributed by atoms with Crippen LogP contribution in [0.25, 0.3) is 0 Å². The molecule has 3 aliphatic rings. The molecule has 2 atom stereocenters. The van der Waals surface area contributed by atoms with Crippen molar-refractivity contribution in [3.05, 3.63) is 22.8 Å². The monoisotopic (exact) mass is 393 g/mol. The number of carbonyl (C=O) groups excluding carboxylic acids is 1. The minimum atomic E-state index is -0.469. The van der Waals surface area contributed by atoms with Gasteiger partial charge in [0, 0.05) is 26.3 Å². The zero-order chi connectivity index (χ0) is 19.2. The van der Waals surface area contributed by atoms with Gasteiger partial charge in [-0.05, 0) is 57.6 Å². The highest BCUT2D eigenvalue weighted by atomic mass is 35.5. The van der Waals surface area contributed by atoms with Crippen LogP contribution in [-0.2, 0) is 9.47 Å². The molecule has 3 aliphatic heterocycles. The summed E-state index contributed by atoms with van der Waals surface area (Å²) in [5.41, 5.74) is 0.794. The van der Waals surface area contributed by atoms with Crippen molar-refractivity contribution < 1.29 is 14.3 Å². The van der Waals surface area contributed by atoms with Gasteiger partial charge in [0.15, 0.2) is 0 Å². The van der Waals surface area contributed by atoms with Crippen molar-refractivity contribution in [2.24, 2.45) is 0 Å². The fourth-order valence-corrected chi connectivity index (χ4v) is 4.61. The lowest BCUT2D eigenvalue weighted by Gasteiger charge is -2.37. The number of piperazine rings is 1. The van der Waals surface area contributed by atoms with Gasteiger partial charge in [0.2, 0.25) is 0 Å². The third-order valence-corrected chi connectivity index (χ3v) is 5.88. The third kappa shape index (κ3) is 3.87. The molecule has 1 amide bonds. The number of hydrogen-bond donors (Lipinski definition) is 0. The van der Waals surface area contributed by atoms with Crippen molar-refractivity contribution in [3.8, 4) is 0 Å². The molecule has 2 bridgehead atoms. The number of nitrogens with zero attached hydrogens (tertiary/aromatic N) is 3. The van der Waals surface area contributed by atoms with Crippen LogP contribution in [0.2, 0.25) is 5.15 Å². The maximum absolute atomic E-state index is 12.5. The highest BCUT2D eigenvalue weighted by molar-refractivity contribution is 6.29. The van der Waals surface area contributed by atoms with Crippen molar-refractivity contribution in [1.29, 1.82) is 0 Å². The van der Waals surface area contributed by atoms with Crippen LogP contribution in [-0.4, -0.2) is 60.0 Å². The topological polar surface area (TPSA) is 54.9 Å². The van der Waals surface area contributed by atoms with E-state index in [0.717, 1.165) is 44.8 Å². The molecule has 0 saturated carbocycles. The Bertz CT molecular complexity index is 715. The number of ether oxygens (including phenoxy) is 2. The molecule has 148 valence electrons. The summed E-state index contributed by atoms with van der Waals surface area (Å²) >= 11 is 6.24. The van der Waals surface area contributed by atoms with Gasteiger partial charge in [0.05, 0.1) is 12.1 Å². The van der Waals surface area contributed by atoms with E-state index in [1.165, 1.54) is 5.56 Å². The first kappa shape index (κ1) is 18.8. The predicted molar refractivity (Wildman–Crippen MR) is 105 cm³/mol. The minimum absolute atomic E-state index is 0.174.